The van der Waals surface area contributed by atoms with Crippen LogP contribution in [0.1, 0.15) is 54.1 Å². The molecule has 2 aromatic carbocycles. The van der Waals surface area contributed by atoms with Gasteiger partial charge in [-0.1, -0.05) is 6.07 Å². The average molecular weight is 514 g/mol. The van der Waals surface area contributed by atoms with Gasteiger partial charge in [-0.3, -0.25) is 9.69 Å². The van der Waals surface area contributed by atoms with Crippen LogP contribution in [0.3, 0.4) is 0 Å². The van der Waals surface area contributed by atoms with E-state index in [0.29, 0.717) is 5.69 Å². The molecule has 1 aliphatic heterocycles. The van der Waals surface area contributed by atoms with Crippen LogP contribution in [0.4, 0.5) is 14.5 Å². The number of ether oxygens (including phenoxy) is 1. The molecule has 198 valence electrons. The highest BCUT2D eigenvalue weighted by molar-refractivity contribution is 5.92. The van der Waals surface area contributed by atoms with E-state index in [4.69, 9.17) is 9.84 Å². The zero-order valence-corrected chi connectivity index (χ0v) is 21.4. The van der Waals surface area contributed by atoms with Gasteiger partial charge in [0, 0.05) is 54.7 Å². The summed E-state index contributed by atoms with van der Waals surface area (Å²) in [6.07, 6.45) is 3.90. The van der Waals surface area contributed by atoms with Crippen LogP contribution in [-0.4, -0.2) is 53.0 Å². The molecule has 1 aliphatic carbocycles. The molecular formula is C28H33F2N3O4. The minimum Gasteiger partial charge on any atom is -0.496 e. The van der Waals surface area contributed by atoms with E-state index >= 15 is 0 Å². The number of hydrogen-bond acceptors (Lipinski definition) is 4. The molecule has 2 heterocycles. The van der Waals surface area contributed by atoms with Gasteiger partial charge in [0.2, 0.25) is 11.8 Å². The lowest BCUT2D eigenvalue weighted by atomic mass is 9.61. The number of aromatic amines is 1. The number of aromatic nitrogens is 1. The number of piperidine rings is 1. The van der Waals surface area contributed by atoms with E-state index < -0.39 is 11.9 Å². The number of aryl methyl sites for hydroxylation is 1. The smallest absolute Gasteiger partial charge is 0.335 e. The number of H-pyrrole nitrogens is 1. The summed E-state index contributed by atoms with van der Waals surface area (Å²) in [4.78, 5) is 26.8. The van der Waals surface area contributed by atoms with Crippen LogP contribution in [0.15, 0.2) is 42.6 Å². The lowest BCUT2D eigenvalue weighted by molar-refractivity contribution is -0.178. The van der Waals surface area contributed by atoms with Gasteiger partial charge in [-0.2, -0.15) is 0 Å². The Bertz CT molecular complexity index is 1290. The van der Waals surface area contributed by atoms with E-state index in [1.54, 1.807) is 19.2 Å². The summed E-state index contributed by atoms with van der Waals surface area (Å²) >= 11 is 0. The first kappa shape index (κ1) is 26.6. The summed E-state index contributed by atoms with van der Waals surface area (Å²) in [6, 6.07) is 10.3. The molecule has 3 N–H and O–H groups in total. The molecule has 1 saturated heterocycles. The molecule has 0 bridgehead atoms. The van der Waals surface area contributed by atoms with Crippen molar-refractivity contribution >= 4 is 28.5 Å². The summed E-state index contributed by atoms with van der Waals surface area (Å²) < 4.78 is 32.1. The van der Waals surface area contributed by atoms with Crippen LogP contribution in [-0.2, 0) is 11.3 Å². The van der Waals surface area contributed by atoms with E-state index in [9.17, 15) is 18.4 Å². The lowest BCUT2D eigenvalue weighted by Gasteiger charge is -2.51. The normalized spacial score (nSPS) is 18.0. The largest absolute Gasteiger partial charge is 0.496 e. The lowest BCUT2D eigenvalue weighted by Crippen LogP contribution is -2.52. The van der Waals surface area contributed by atoms with Crippen molar-refractivity contribution in [3.8, 4) is 5.75 Å². The zero-order chi connectivity index (χ0) is 26.8. The van der Waals surface area contributed by atoms with Crippen molar-refractivity contribution in [2.24, 2.45) is 5.41 Å². The number of nitrogens with one attached hydrogen (secondary N) is 2. The molecule has 0 atom stereocenters. The quantitative estimate of drug-likeness (QED) is 0.399. The number of carbonyl (C=O) groups is 2. The Morgan fingerprint density at radius 1 is 1.16 bits per heavy atom. The maximum atomic E-state index is 13.3. The van der Waals surface area contributed by atoms with E-state index in [2.05, 4.69) is 34.3 Å². The Hall–Kier alpha value is -3.46. The number of fused-ring (bicyclic) bond motifs is 1. The third kappa shape index (κ3) is 6.10. The van der Waals surface area contributed by atoms with E-state index in [1.807, 2.05) is 6.20 Å². The summed E-state index contributed by atoms with van der Waals surface area (Å²) in [7, 11) is 1.71. The summed E-state index contributed by atoms with van der Waals surface area (Å²) in [6.45, 7) is 6.03. The van der Waals surface area contributed by atoms with Gasteiger partial charge < -0.3 is 20.1 Å². The predicted octanol–water partition coefficient (Wildman–Crippen LogP) is 5.84. The van der Waals surface area contributed by atoms with Gasteiger partial charge >= 0.3 is 5.97 Å². The molecule has 1 spiro atoms. The second kappa shape index (κ2) is 10.5. The van der Waals surface area contributed by atoms with Crippen LogP contribution in [0.2, 0.25) is 0 Å². The number of carboxylic acids is 1. The second-order valence-corrected chi connectivity index (χ2v) is 10.2. The Balaban J connectivity index is 0.000000209. The number of rotatable bonds is 5. The maximum absolute atomic E-state index is 13.3. The third-order valence-corrected chi connectivity index (χ3v) is 7.33. The van der Waals surface area contributed by atoms with Crippen LogP contribution in [0.5, 0.6) is 5.75 Å². The number of aromatic carboxylic acids is 1. The molecule has 1 aromatic heterocycles. The number of halogens is 2. The highest BCUT2D eigenvalue weighted by atomic mass is 19.3. The van der Waals surface area contributed by atoms with Gasteiger partial charge in [-0.25, -0.2) is 13.6 Å². The minimum absolute atomic E-state index is 0.0871. The summed E-state index contributed by atoms with van der Waals surface area (Å²) in [5.74, 6) is -2.73. The van der Waals surface area contributed by atoms with E-state index in [1.165, 1.54) is 35.6 Å². The van der Waals surface area contributed by atoms with Gasteiger partial charge in [-0.15, -0.1) is 0 Å². The monoisotopic (exact) mass is 513 g/mol. The number of nitrogens with zero attached hydrogens (tertiary/aromatic N) is 1. The van der Waals surface area contributed by atoms with Crippen LogP contribution in [0.25, 0.3) is 10.9 Å². The van der Waals surface area contributed by atoms with Crippen LogP contribution < -0.4 is 10.1 Å². The average Bonchev–Trinajstić information content (AvgIpc) is 3.32. The Labute approximate surface area is 214 Å². The number of carbonyl (C=O) groups excluding carboxylic acids is 1. The van der Waals surface area contributed by atoms with Crippen molar-refractivity contribution in [1.82, 2.24) is 9.88 Å². The van der Waals surface area contributed by atoms with Gasteiger partial charge in [0.25, 0.3) is 0 Å². The van der Waals surface area contributed by atoms with Crippen molar-refractivity contribution in [2.45, 2.75) is 52.0 Å². The van der Waals surface area contributed by atoms with E-state index in [-0.39, 0.29) is 29.7 Å². The fourth-order valence-electron chi connectivity index (χ4n) is 5.52. The summed E-state index contributed by atoms with van der Waals surface area (Å²) in [5.41, 5.74) is 4.07. The molecule has 0 radical (unpaired) electrons. The molecule has 0 unspecified atom stereocenters. The van der Waals surface area contributed by atoms with Crippen molar-refractivity contribution in [1.29, 1.82) is 0 Å². The number of benzene rings is 2. The van der Waals surface area contributed by atoms with Crippen LogP contribution in [0, 0.1) is 12.3 Å². The molecule has 2 fully saturated rings. The highest BCUT2D eigenvalue weighted by Crippen LogP contribution is 2.57. The third-order valence-electron chi connectivity index (χ3n) is 7.33. The van der Waals surface area contributed by atoms with E-state index in [0.717, 1.165) is 43.7 Å². The van der Waals surface area contributed by atoms with Gasteiger partial charge in [-0.05, 0) is 74.2 Å². The number of hydrogen-bond donors (Lipinski definition) is 3. The minimum atomic E-state index is -2.42. The zero-order valence-electron chi connectivity index (χ0n) is 21.4. The molecule has 9 heteroatoms. The molecule has 37 heavy (non-hydrogen) atoms. The molecular weight excluding hydrogens is 480 g/mol. The fraction of sp³-hybridized carbons (Fsp3) is 0.429. The molecule has 3 aromatic rings. The predicted molar refractivity (Wildman–Crippen MR) is 138 cm³/mol. The van der Waals surface area contributed by atoms with Gasteiger partial charge in [0.15, 0.2) is 0 Å². The van der Waals surface area contributed by atoms with Gasteiger partial charge in [0.05, 0.1) is 12.7 Å². The number of likely N-dealkylation sites (tertiary alicyclic amines) is 1. The van der Waals surface area contributed by atoms with Crippen molar-refractivity contribution in [2.75, 3.05) is 25.5 Å². The topological polar surface area (TPSA) is 94.7 Å². The van der Waals surface area contributed by atoms with Crippen molar-refractivity contribution < 1.29 is 28.2 Å². The highest BCUT2D eigenvalue weighted by Gasteiger charge is 2.56. The molecule has 7 nitrogen and oxygen atoms in total. The maximum Gasteiger partial charge on any atom is 0.335 e. The van der Waals surface area contributed by atoms with Crippen molar-refractivity contribution in [3.63, 3.8) is 0 Å². The number of methoxy groups -OCH3 is 1. The Morgan fingerprint density at radius 2 is 1.86 bits per heavy atom. The first-order valence-electron chi connectivity index (χ1n) is 12.4. The first-order valence-corrected chi connectivity index (χ1v) is 12.4. The molecule has 5 rings (SSSR count). The second-order valence-electron chi connectivity index (χ2n) is 10.2. The molecule has 1 saturated carbocycles. The number of anilines is 1. The number of amides is 1. The van der Waals surface area contributed by atoms with Gasteiger partial charge in [0.1, 0.15) is 5.75 Å². The Morgan fingerprint density at radius 3 is 2.46 bits per heavy atom. The first-order chi connectivity index (χ1) is 17.5. The standard InChI is InChI=1S/C19H24F2N2O.C9H9NO3/c1-13-9-16(24-2)15(14-3-6-22-17(13)14)10-23-7-4-18(5-8-23)11-19(20,21)12-18;1-6(11)10-8-4-2-3-7(5-8)9(12)13/h3,6,9,22H,4-5,7-8,10-12H2,1-2H3;2-5H,1H3,(H,10,11)(H,12,13). The van der Waals surface area contributed by atoms with Crippen molar-refractivity contribution in [3.05, 3.63) is 59.3 Å². The summed E-state index contributed by atoms with van der Waals surface area (Å²) in [5, 5.41) is 12.3. The number of carboxylic acid groups (broad SMARTS) is 1. The molecule has 1 amide bonds. The van der Waals surface area contributed by atoms with Crippen LogP contribution >= 0.6 is 0 Å². The fourth-order valence-corrected chi connectivity index (χ4v) is 5.52. The molecule has 2 aliphatic rings. The SMILES string of the molecule is CC(=O)Nc1cccc(C(=O)O)c1.COc1cc(C)c2[nH]ccc2c1CN1CCC2(CC1)CC(F)(F)C2. The number of alkyl halides is 2. The Kier molecular flexibility index (Phi) is 7.54.